The summed E-state index contributed by atoms with van der Waals surface area (Å²) in [7, 11) is 0. The van der Waals surface area contributed by atoms with E-state index in [0.29, 0.717) is 0 Å². The van der Waals surface area contributed by atoms with Crippen molar-refractivity contribution in [2.75, 3.05) is 4.90 Å². The van der Waals surface area contributed by atoms with E-state index in [9.17, 15) is 0 Å². The summed E-state index contributed by atoms with van der Waals surface area (Å²) in [5, 5.41) is 9.15. The van der Waals surface area contributed by atoms with Crippen LogP contribution in [0, 0.1) is 0 Å². The molecule has 8 aromatic carbocycles. The molecule has 234 valence electrons. The number of anilines is 3. The molecule has 11 aromatic rings. The van der Waals surface area contributed by atoms with Crippen LogP contribution >= 0.6 is 0 Å². The fourth-order valence-electron chi connectivity index (χ4n) is 7.91. The van der Waals surface area contributed by atoms with E-state index in [-0.39, 0.29) is 0 Å². The van der Waals surface area contributed by atoms with Crippen molar-refractivity contribution in [3.8, 4) is 5.69 Å². The zero-order valence-corrected chi connectivity index (χ0v) is 26.9. The number of aromatic nitrogens is 1. The normalized spacial score (nSPS) is 12.0. The van der Waals surface area contributed by atoms with E-state index < -0.39 is 0 Å². The summed E-state index contributed by atoms with van der Waals surface area (Å²) in [6, 6.07) is 60.1. The second-order valence-electron chi connectivity index (χ2n) is 13.0. The highest BCUT2D eigenvalue weighted by Crippen LogP contribution is 2.46. The van der Waals surface area contributed by atoms with E-state index in [1.165, 1.54) is 21.7 Å². The number of fused-ring (bicyclic) bond motifs is 10. The molecule has 0 atom stereocenters. The van der Waals surface area contributed by atoms with Gasteiger partial charge in [0.15, 0.2) is 0 Å². The molecule has 4 heteroatoms. The first-order valence-electron chi connectivity index (χ1n) is 16.9. The van der Waals surface area contributed by atoms with Crippen molar-refractivity contribution in [3.63, 3.8) is 0 Å². The molecule has 0 aliphatic rings. The highest BCUT2D eigenvalue weighted by atomic mass is 16.3. The summed E-state index contributed by atoms with van der Waals surface area (Å²) in [5.74, 6) is 0. The van der Waals surface area contributed by atoms with Gasteiger partial charge in [0.25, 0.3) is 0 Å². The number of nitrogens with zero attached hydrogens (tertiary/aromatic N) is 2. The highest BCUT2D eigenvalue weighted by molar-refractivity contribution is 6.17. The van der Waals surface area contributed by atoms with Crippen molar-refractivity contribution in [3.05, 3.63) is 170 Å². The fraction of sp³-hybridized carbons (Fsp3) is 0. The minimum Gasteiger partial charge on any atom is -0.456 e. The van der Waals surface area contributed by atoms with Crippen LogP contribution in [0.15, 0.2) is 179 Å². The third-order valence-corrected chi connectivity index (χ3v) is 10.1. The smallest absolute Gasteiger partial charge is 0.137 e. The van der Waals surface area contributed by atoms with Gasteiger partial charge in [0.05, 0.1) is 22.1 Å². The molecule has 3 heterocycles. The molecule has 0 aliphatic heterocycles. The van der Waals surface area contributed by atoms with E-state index in [0.717, 1.165) is 77.5 Å². The molecule has 0 bridgehead atoms. The molecule has 0 unspecified atom stereocenters. The lowest BCUT2D eigenvalue weighted by Crippen LogP contribution is -2.10. The third kappa shape index (κ3) is 3.93. The number of hydrogen-bond acceptors (Lipinski definition) is 3. The molecule has 11 rings (SSSR count). The molecule has 50 heavy (non-hydrogen) atoms. The molecule has 0 N–H and O–H groups in total. The van der Waals surface area contributed by atoms with Gasteiger partial charge >= 0.3 is 0 Å². The van der Waals surface area contributed by atoms with Gasteiger partial charge in [0.2, 0.25) is 0 Å². The van der Waals surface area contributed by atoms with Crippen LogP contribution in [0.5, 0.6) is 0 Å². The first-order valence-corrected chi connectivity index (χ1v) is 16.9. The monoisotopic (exact) mass is 640 g/mol. The Labute approximate surface area is 286 Å². The molecule has 0 aliphatic carbocycles. The van der Waals surface area contributed by atoms with E-state index in [2.05, 4.69) is 167 Å². The van der Waals surface area contributed by atoms with Crippen LogP contribution in [-0.2, 0) is 0 Å². The van der Waals surface area contributed by atoms with Gasteiger partial charge < -0.3 is 18.3 Å². The van der Waals surface area contributed by atoms with Crippen molar-refractivity contribution >= 4 is 93.5 Å². The Morgan fingerprint density at radius 2 is 1.00 bits per heavy atom. The minimum absolute atomic E-state index is 0.849. The number of rotatable bonds is 4. The van der Waals surface area contributed by atoms with Crippen LogP contribution < -0.4 is 4.90 Å². The van der Waals surface area contributed by atoms with Gasteiger partial charge in [-0.3, -0.25) is 0 Å². The van der Waals surface area contributed by atoms with E-state index in [1.54, 1.807) is 0 Å². The third-order valence-electron chi connectivity index (χ3n) is 10.1. The average Bonchev–Trinajstić information content (AvgIpc) is 3.83. The molecule has 0 radical (unpaired) electrons. The number of furan rings is 2. The lowest BCUT2D eigenvalue weighted by atomic mass is 10.0. The van der Waals surface area contributed by atoms with E-state index in [1.807, 2.05) is 12.1 Å². The van der Waals surface area contributed by atoms with Crippen LogP contribution in [0.4, 0.5) is 17.1 Å². The summed E-state index contributed by atoms with van der Waals surface area (Å²) in [4.78, 5) is 2.35. The van der Waals surface area contributed by atoms with Crippen LogP contribution in [0.1, 0.15) is 0 Å². The van der Waals surface area contributed by atoms with E-state index >= 15 is 0 Å². The number of benzene rings is 8. The lowest BCUT2D eigenvalue weighted by Gasteiger charge is -2.26. The molecular weight excluding hydrogens is 613 g/mol. The molecule has 3 aromatic heterocycles. The number of para-hydroxylation sites is 3. The largest absolute Gasteiger partial charge is 0.456 e. The van der Waals surface area contributed by atoms with Crippen LogP contribution in [0.2, 0.25) is 0 Å². The second kappa shape index (κ2) is 10.4. The van der Waals surface area contributed by atoms with Gasteiger partial charge in [-0.25, -0.2) is 0 Å². The van der Waals surface area contributed by atoms with Crippen molar-refractivity contribution in [1.29, 1.82) is 0 Å². The lowest BCUT2D eigenvalue weighted by molar-refractivity contribution is 0.669. The van der Waals surface area contributed by atoms with Gasteiger partial charge in [-0.2, -0.15) is 0 Å². The predicted octanol–water partition coefficient (Wildman–Crippen LogP) is 13.2. The number of hydrogen-bond donors (Lipinski definition) is 0. The van der Waals surface area contributed by atoms with Gasteiger partial charge in [-0.05, 0) is 83.6 Å². The van der Waals surface area contributed by atoms with Crippen LogP contribution in [0.25, 0.3) is 82.1 Å². The topological polar surface area (TPSA) is 34.5 Å². The molecule has 0 saturated carbocycles. The highest BCUT2D eigenvalue weighted by Gasteiger charge is 2.22. The molecule has 4 nitrogen and oxygen atoms in total. The first-order chi connectivity index (χ1) is 24.8. The Bertz CT molecular complexity index is 3110. The standard InChI is InChI=1S/C46H28N2O2/c1-2-13-31(14-3-1)48-39-17-8-6-15-34(39)35-23-21-32(27-41(35)48)47(33-22-24-37-36-16-7-9-19-42(36)49-45(37)28-33)40-18-10-20-43-46(40)38-25-29-11-4-5-12-30(29)26-44(38)50-43/h1-28H. The Kier molecular flexibility index (Phi) is 5.63. The summed E-state index contributed by atoms with van der Waals surface area (Å²) in [5.41, 5.74) is 9.97. The van der Waals surface area contributed by atoms with Crippen molar-refractivity contribution in [1.82, 2.24) is 4.57 Å². The fourth-order valence-corrected chi connectivity index (χ4v) is 7.91. The Hall–Kier alpha value is -6.78. The summed E-state index contributed by atoms with van der Waals surface area (Å²) in [6.45, 7) is 0. The Balaban J connectivity index is 1.23. The maximum Gasteiger partial charge on any atom is 0.137 e. The zero-order chi connectivity index (χ0) is 32.8. The second-order valence-corrected chi connectivity index (χ2v) is 13.0. The molecule has 0 saturated heterocycles. The van der Waals surface area contributed by atoms with Gasteiger partial charge in [0, 0.05) is 50.1 Å². The molecule has 0 fully saturated rings. The Morgan fingerprint density at radius 1 is 0.380 bits per heavy atom. The SMILES string of the molecule is c1ccc(-n2c3ccccc3c3ccc(N(c4ccc5c(c4)oc4ccccc45)c4cccc5oc6cc7ccccc7cc6c45)cc32)cc1. The predicted molar refractivity (Wildman–Crippen MR) is 208 cm³/mol. The first kappa shape index (κ1) is 27.2. The zero-order valence-electron chi connectivity index (χ0n) is 26.9. The molecule has 0 spiro atoms. The average molecular weight is 641 g/mol. The van der Waals surface area contributed by atoms with Crippen molar-refractivity contribution in [2.24, 2.45) is 0 Å². The summed E-state index contributed by atoms with van der Waals surface area (Å²) < 4.78 is 15.4. The molecular formula is C46H28N2O2. The van der Waals surface area contributed by atoms with Crippen molar-refractivity contribution < 1.29 is 8.83 Å². The summed E-state index contributed by atoms with van der Waals surface area (Å²) >= 11 is 0. The quantitative estimate of drug-likeness (QED) is 0.192. The van der Waals surface area contributed by atoms with Crippen LogP contribution in [-0.4, -0.2) is 4.57 Å². The van der Waals surface area contributed by atoms with Gasteiger partial charge in [-0.1, -0.05) is 91.0 Å². The van der Waals surface area contributed by atoms with Gasteiger partial charge in [-0.15, -0.1) is 0 Å². The van der Waals surface area contributed by atoms with Crippen LogP contribution in [0.3, 0.4) is 0 Å². The summed E-state index contributed by atoms with van der Waals surface area (Å²) in [6.07, 6.45) is 0. The van der Waals surface area contributed by atoms with Crippen molar-refractivity contribution in [2.45, 2.75) is 0 Å². The maximum absolute atomic E-state index is 6.57. The minimum atomic E-state index is 0.849. The maximum atomic E-state index is 6.57. The van der Waals surface area contributed by atoms with E-state index in [4.69, 9.17) is 8.83 Å². The Morgan fingerprint density at radius 3 is 1.88 bits per heavy atom. The van der Waals surface area contributed by atoms with Gasteiger partial charge in [0.1, 0.15) is 22.3 Å². The molecule has 0 amide bonds.